The van der Waals surface area contributed by atoms with E-state index in [1.807, 2.05) is 13.0 Å². The van der Waals surface area contributed by atoms with Crippen molar-refractivity contribution >= 4 is 17.4 Å². The van der Waals surface area contributed by atoms with Crippen LogP contribution in [0.2, 0.25) is 0 Å². The van der Waals surface area contributed by atoms with E-state index in [0.717, 1.165) is 5.56 Å². The molecule has 15 heavy (non-hydrogen) atoms. The second-order valence-electron chi connectivity index (χ2n) is 3.55. The fourth-order valence-electron chi connectivity index (χ4n) is 1.83. The Morgan fingerprint density at radius 1 is 1.27 bits per heavy atom. The van der Waals surface area contributed by atoms with Gasteiger partial charge in [0.05, 0.1) is 18.4 Å². The minimum absolute atomic E-state index is 0.442. The van der Waals surface area contributed by atoms with E-state index in [1.165, 1.54) is 0 Å². The summed E-state index contributed by atoms with van der Waals surface area (Å²) in [4.78, 5) is 22.8. The number of carbonyl (C=O) groups is 2. The van der Waals surface area contributed by atoms with E-state index in [1.54, 1.807) is 14.0 Å². The van der Waals surface area contributed by atoms with Gasteiger partial charge >= 0.3 is 0 Å². The maximum absolute atomic E-state index is 11.6. The molecule has 4 nitrogen and oxygen atoms in total. The number of anilines is 1. The summed E-state index contributed by atoms with van der Waals surface area (Å²) in [5, 5.41) is 2.56. The van der Waals surface area contributed by atoms with Crippen molar-refractivity contribution < 1.29 is 14.3 Å². The average Bonchev–Trinajstić information content (AvgIpc) is 2.50. The van der Waals surface area contributed by atoms with Gasteiger partial charge < -0.3 is 10.1 Å². The summed E-state index contributed by atoms with van der Waals surface area (Å²) in [6, 6.07) is 1.81. The first kappa shape index (κ1) is 9.71. The van der Waals surface area contributed by atoms with Gasteiger partial charge in [0, 0.05) is 5.56 Å². The van der Waals surface area contributed by atoms with Crippen LogP contribution in [-0.4, -0.2) is 18.8 Å². The average molecular weight is 205 g/mol. The van der Waals surface area contributed by atoms with Crippen LogP contribution in [0.1, 0.15) is 21.5 Å². The van der Waals surface area contributed by atoms with Gasteiger partial charge in [-0.1, -0.05) is 0 Å². The minimum Gasteiger partial charge on any atom is -0.496 e. The molecule has 1 aliphatic heterocycles. The van der Waals surface area contributed by atoms with E-state index < -0.39 is 11.7 Å². The molecule has 0 saturated heterocycles. The molecule has 1 aliphatic rings. The molecule has 4 heteroatoms. The maximum Gasteiger partial charge on any atom is 0.296 e. The van der Waals surface area contributed by atoms with Crippen LogP contribution in [-0.2, 0) is 4.79 Å². The molecule has 0 aromatic heterocycles. The van der Waals surface area contributed by atoms with E-state index in [0.29, 0.717) is 22.6 Å². The Labute approximate surface area is 87.2 Å². The largest absolute Gasteiger partial charge is 0.496 e. The fourth-order valence-corrected chi connectivity index (χ4v) is 1.83. The molecule has 0 atom stereocenters. The SMILES string of the molecule is COc1cc(C)c2c(c1C)C(=O)C(=O)N2. The van der Waals surface area contributed by atoms with Crippen molar-refractivity contribution in [1.82, 2.24) is 0 Å². The third-order valence-electron chi connectivity index (χ3n) is 2.63. The van der Waals surface area contributed by atoms with Crippen molar-refractivity contribution in [3.63, 3.8) is 0 Å². The Kier molecular flexibility index (Phi) is 2.00. The third-order valence-corrected chi connectivity index (χ3v) is 2.63. The van der Waals surface area contributed by atoms with Crippen molar-refractivity contribution in [2.45, 2.75) is 13.8 Å². The third kappa shape index (κ3) is 1.21. The van der Waals surface area contributed by atoms with Gasteiger partial charge in [-0.2, -0.15) is 0 Å². The van der Waals surface area contributed by atoms with Gasteiger partial charge in [0.2, 0.25) is 0 Å². The summed E-state index contributed by atoms with van der Waals surface area (Å²) in [7, 11) is 1.54. The quantitative estimate of drug-likeness (QED) is 0.706. The predicted molar refractivity (Wildman–Crippen MR) is 55.4 cm³/mol. The van der Waals surface area contributed by atoms with Crippen molar-refractivity contribution in [2.75, 3.05) is 12.4 Å². The minimum atomic E-state index is -0.565. The smallest absolute Gasteiger partial charge is 0.296 e. The summed E-state index contributed by atoms with van der Waals surface area (Å²) in [5.74, 6) is -0.412. The van der Waals surface area contributed by atoms with E-state index in [-0.39, 0.29) is 0 Å². The lowest BCUT2D eigenvalue weighted by Gasteiger charge is -2.10. The molecule has 1 aromatic rings. The zero-order valence-electron chi connectivity index (χ0n) is 8.80. The predicted octanol–water partition coefficient (Wildman–Crippen LogP) is 1.45. The molecule has 1 heterocycles. The Morgan fingerprint density at radius 3 is 2.53 bits per heavy atom. The Bertz CT molecular complexity index is 477. The lowest BCUT2D eigenvalue weighted by atomic mass is 10.0. The number of Topliss-reactive ketones (excluding diaryl/α,β-unsaturated/α-hetero) is 1. The zero-order chi connectivity index (χ0) is 11.2. The Morgan fingerprint density at radius 2 is 1.93 bits per heavy atom. The van der Waals surface area contributed by atoms with Crippen molar-refractivity contribution in [3.8, 4) is 5.75 Å². The molecule has 0 bridgehead atoms. The number of hydrogen-bond donors (Lipinski definition) is 1. The standard InChI is InChI=1S/C11H11NO3/c1-5-4-7(15-3)6(2)8-9(5)12-11(14)10(8)13/h4H,1-3H3,(H,12,13,14). The maximum atomic E-state index is 11.6. The first-order valence-corrected chi connectivity index (χ1v) is 4.60. The second kappa shape index (κ2) is 3.08. The monoisotopic (exact) mass is 205 g/mol. The molecule has 0 spiro atoms. The number of carbonyl (C=O) groups excluding carboxylic acids is 2. The second-order valence-corrected chi connectivity index (χ2v) is 3.55. The molecule has 1 N–H and O–H groups in total. The Balaban J connectivity index is 2.75. The van der Waals surface area contributed by atoms with E-state index >= 15 is 0 Å². The van der Waals surface area contributed by atoms with Crippen LogP contribution >= 0.6 is 0 Å². The van der Waals surface area contributed by atoms with Gasteiger partial charge in [-0.05, 0) is 25.5 Å². The molecule has 0 saturated carbocycles. The summed E-state index contributed by atoms with van der Waals surface area (Å²) in [5.41, 5.74) is 2.60. The highest BCUT2D eigenvalue weighted by molar-refractivity contribution is 6.52. The number of hydrogen-bond acceptors (Lipinski definition) is 3. The van der Waals surface area contributed by atoms with Gasteiger partial charge in [0.25, 0.3) is 11.7 Å². The highest BCUT2D eigenvalue weighted by Gasteiger charge is 2.32. The first-order valence-electron chi connectivity index (χ1n) is 4.60. The normalized spacial score (nSPS) is 13.8. The van der Waals surface area contributed by atoms with Gasteiger partial charge in [0.15, 0.2) is 0 Å². The Hall–Kier alpha value is -1.84. The van der Waals surface area contributed by atoms with Gasteiger partial charge in [0.1, 0.15) is 5.75 Å². The molecule has 0 aliphatic carbocycles. The molecule has 2 rings (SSSR count). The number of rotatable bonds is 1. The molecule has 0 fully saturated rings. The van der Waals surface area contributed by atoms with Crippen LogP contribution in [0.25, 0.3) is 0 Å². The zero-order valence-corrected chi connectivity index (χ0v) is 8.80. The molecule has 1 aromatic carbocycles. The summed E-state index contributed by atoms with van der Waals surface area (Å²) in [6.07, 6.45) is 0. The van der Waals surface area contributed by atoms with Gasteiger partial charge in [-0.15, -0.1) is 0 Å². The van der Waals surface area contributed by atoms with Gasteiger partial charge in [-0.3, -0.25) is 9.59 Å². The lowest BCUT2D eigenvalue weighted by Crippen LogP contribution is -2.13. The summed E-state index contributed by atoms with van der Waals surface area (Å²) < 4.78 is 5.14. The molecule has 0 unspecified atom stereocenters. The van der Waals surface area contributed by atoms with Crippen LogP contribution in [0.15, 0.2) is 6.07 Å². The number of benzene rings is 1. The number of amides is 1. The fraction of sp³-hybridized carbons (Fsp3) is 0.273. The van der Waals surface area contributed by atoms with Crippen molar-refractivity contribution in [2.24, 2.45) is 0 Å². The highest BCUT2D eigenvalue weighted by Crippen LogP contribution is 2.35. The summed E-state index contributed by atoms with van der Waals surface area (Å²) >= 11 is 0. The number of ether oxygens (including phenoxy) is 1. The lowest BCUT2D eigenvalue weighted by molar-refractivity contribution is -0.112. The van der Waals surface area contributed by atoms with E-state index in [2.05, 4.69) is 5.32 Å². The first-order chi connectivity index (χ1) is 7.06. The van der Waals surface area contributed by atoms with Crippen LogP contribution in [0, 0.1) is 13.8 Å². The van der Waals surface area contributed by atoms with Crippen LogP contribution in [0.4, 0.5) is 5.69 Å². The molecule has 1 amide bonds. The van der Waals surface area contributed by atoms with E-state index in [4.69, 9.17) is 4.74 Å². The molecular formula is C11H11NO3. The number of nitrogens with one attached hydrogen (secondary N) is 1. The summed E-state index contributed by atoms with van der Waals surface area (Å²) in [6.45, 7) is 3.61. The number of methoxy groups -OCH3 is 1. The topological polar surface area (TPSA) is 55.4 Å². The van der Waals surface area contributed by atoms with Gasteiger partial charge in [-0.25, -0.2) is 0 Å². The number of aryl methyl sites for hydroxylation is 1. The number of ketones is 1. The molecule has 78 valence electrons. The molecule has 0 radical (unpaired) electrons. The van der Waals surface area contributed by atoms with Crippen LogP contribution in [0.5, 0.6) is 5.75 Å². The highest BCUT2D eigenvalue weighted by atomic mass is 16.5. The van der Waals surface area contributed by atoms with Crippen LogP contribution in [0.3, 0.4) is 0 Å². The van der Waals surface area contributed by atoms with E-state index in [9.17, 15) is 9.59 Å². The molecular weight excluding hydrogens is 194 g/mol. The van der Waals surface area contributed by atoms with Crippen molar-refractivity contribution in [3.05, 3.63) is 22.8 Å². The van der Waals surface area contributed by atoms with Crippen molar-refractivity contribution in [1.29, 1.82) is 0 Å². The van der Waals surface area contributed by atoms with Crippen LogP contribution < -0.4 is 10.1 Å². The number of fused-ring (bicyclic) bond motifs is 1.